The Morgan fingerprint density at radius 1 is 1.16 bits per heavy atom. The van der Waals surface area contributed by atoms with Crippen LogP contribution >= 0.6 is 0 Å². The molecule has 2 atom stereocenters. The van der Waals surface area contributed by atoms with Crippen LogP contribution in [0.5, 0.6) is 0 Å². The molecular weight excluding hydrogens is 238 g/mol. The highest BCUT2D eigenvalue weighted by Gasteiger charge is 2.21. The van der Waals surface area contributed by atoms with Crippen molar-refractivity contribution >= 4 is 0 Å². The van der Waals surface area contributed by atoms with Gasteiger partial charge in [-0.1, -0.05) is 38.1 Å². The molecule has 0 saturated carbocycles. The Labute approximate surface area is 116 Å². The van der Waals surface area contributed by atoms with Gasteiger partial charge in [0.05, 0.1) is 25.9 Å². The van der Waals surface area contributed by atoms with Crippen LogP contribution in [0.15, 0.2) is 24.3 Å². The van der Waals surface area contributed by atoms with Crippen LogP contribution in [-0.4, -0.2) is 42.9 Å². The molecule has 3 heteroatoms. The normalized spacial score (nSPS) is 20.2. The van der Waals surface area contributed by atoms with Crippen molar-refractivity contribution in [2.24, 2.45) is 0 Å². The first-order valence-electron chi connectivity index (χ1n) is 7.28. The van der Waals surface area contributed by atoms with Crippen molar-refractivity contribution in [2.75, 3.05) is 32.9 Å². The van der Waals surface area contributed by atoms with Crippen LogP contribution in [0, 0.1) is 0 Å². The molecular formula is C16H25NO2. The van der Waals surface area contributed by atoms with E-state index in [1.807, 2.05) is 0 Å². The van der Waals surface area contributed by atoms with Gasteiger partial charge < -0.3 is 9.84 Å². The highest BCUT2D eigenvalue weighted by molar-refractivity contribution is 5.27. The predicted molar refractivity (Wildman–Crippen MR) is 77.4 cm³/mol. The van der Waals surface area contributed by atoms with Gasteiger partial charge in [0.15, 0.2) is 0 Å². The molecule has 0 bridgehead atoms. The fraction of sp³-hybridized carbons (Fsp3) is 0.625. The van der Waals surface area contributed by atoms with Gasteiger partial charge in [-0.25, -0.2) is 0 Å². The zero-order valence-electron chi connectivity index (χ0n) is 12.0. The van der Waals surface area contributed by atoms with Crippen LogP contribution < -0.4 is 0 Å². The largest absolute Gasteiger partial charge is 0.394 e. The smallest absolute Gasteiger partial charge is 0.0628 e. The van der Waals surface area contributed by atoms with E-state index in [1.165, 1.54) is 11.1 Å². The molecule has 2 unspecified atom stereocenters. The molecule has 1 heterocycles. The molecule has 1 fully saturated rings. The van der Waals surface area contributed by atoms with E-state index >= 15 is 0 Å². The summed E-state index contributed by atoms with van der Waals surface area (Å²) in [5, 5.41) is 9.67. The maximum atomic E-state index is 9.67. The van der Waals surface area contributed by atoms with E-state index in [4.69, 9.17) is 4.74 Å². The third-order valence-corrected chi connectivity index (χ3v) is 4.16. The summed E-state index contributed by atoms with van der Waals surface area (Å²) >= 11 is 0. The van der Waals surface area contributed by atoms with Gasteiger partial charge in [0.1, 0.15) is 0 Å². The summed E-state index contributed by atoms with van der Waals surface area (Å²) in [7, 11) is 0. The van der Waals surface area contributed by atoms with Crippen molar-refractivity contribution in [1.29, 1.82) is 0 Å². The van der Waals surface area contributed by atoms with Crippen LogP contribution in [0.2, 0.25) is 0 Å². The van der Waals surface area contributed by atoms with Gasteiger partial charge in [0, 0.05) is 13.1 Å². The molecule has 2 rings (SSSR count). The number of ether oxygens (including phenoxy) is 1. The number of hydrogen-bond acceptors (Lipinski definition) is 3. The van der Waals surface area contributed by atoms with Gasteiger partial charge in [-0.05, 0) is 23.5 Å². The lowest BCUT2D eigenvalue weighted by molar-refractivity contribution is 0.00259. The SMILES string of the molecule is CCC(C)c1ccc(C(CO)N2CCOCC2)cc1. The summed E-state index contributed by atoms with van der Waals surface area (Å²) in [4.78, 5) is 2.31. The van der Waals surface area contributed by atoms with E-state index in [0.717, 1.165) is 32.7 Å². The van der Waals surface area contributed by atoms with Gasteiger partial charge in [-0.15, -0.1) is 0 Å². The maximum Gasteiger partial charge on any atom is 0.0628 e. The van der Waals surface area contributed by atoms with E-state index in [1.54, 1.807) is 0 Å². The highest BCUT2D eigenvalue weighted by atomic mass is 16.5. The summed E-state index contributed by atoms with van der Waals surface area (Å²) < 4.78 is 5.37. The average Bonchev–Trinajstić information content (AvgIpc) is 2.49. The lowest BCUT2D eigenvalue weighted by atomic mass is 9.95. The fourth-order valence-electron chi connectivity index (χ4n) is 2.60. The molecule has 1 aliphatic heterocycles. The third kappa shape index (κ3) is 3.56. The quantitative estimate of drug-likeness (QED) is 0.886. The Morgan fingerprint density at radius 3 is 2.26 bits per heavy atom. The minimum Gasteiger partial charge on any atom is -0.394 e. The molecule has 0 spiro atoms. The summed E-state index contributed by atoms with van der Waals surface area (Å²) in [6.07, 6.45) is 1.16. The lowest BCUT2D eigenvalue weighted by Gasteiger charge is -2.33. The molecule has 0 amide bonds. The first-order valence-corrected chi connectivity index (χ1v) is 7.28. The first-order chi connectivity index (χ1) is 9.26. The molecule has 0 aliphatic carbocycles. The maximum absolute atomic E-state index is 9.67. The fourth-order valence-corrected chi connectivity index (χ4v) is 2.60. The van der Waals surface area contributed by atoms with Crippen LogP contribution in [0.4, 0.5) is 0 Å². The minimum atomic E-state index is 0.106. The second kappa shape index (κ2) is 7.04. The monoisotopic (exact) mass is 263 g/mol. The molecule has 1 aromatic rings. The molecule has 1 saturated heterocycles. The van der Waals surface area contributed by atoms with E-state index < -0.39 is 0 Å². The lowest BCUT2D eigenvalue weighted by Crippen LogP contribution is -2.40. The third-order valence-electron chi connectivity index (χ3n) is 4.16. The van der Waals surface area contributed by atoms with Crippen molar-refractivity contribution < 1.29 is 9.84 Å². The average molecular weight is 263 g/mol. The Morgan fingerprint density at radius 2 is 1.74 bits per heavy atom. The molecule has 3 nitrogen and oxygen atoms in total. The van der Waals surface area contributed by atoms with Crippen LogP contribution in [0.1, 0.15) is 43.4 Å². The van der Waals surface area contributed by atoms with Crippen LogP contribution in [-0.2, 0) is 4.74 Å². The van der Waals surface area contributed by atoms with Gasteiger partial charge >= 0.3 is 0 Å². The molecule has 0 radical (unpaired) electrons. The molecule has 1 aliphatic rings. The second-order valence-corrected chi connectivity index (χ2v) is 5.32. The van der Waals surface area contributed by atoms with E-state index in [-0.39, 0.29) is 12.6 Å². The molecule has 1 aromatic carbocycles. The van der Waals surface area contributed by atoms with Crippen molar-refractivity contribution in [3.8, 4) is 0 Å². The van der Waals surface area contributed by atoms with Gasteiger partial charge in [0.25, 0.3) is 0 Å². The number of benzene rings is 1. The standard InChI is InChI=1S/C16H25NO2/c1-3-13(2)14-4-6-15(7-5-14)16(12-18)17-8-10-19-11-9-17/h4-7,13,16,18H,3,8-12H2,1-2H3. The highest BCUT2D eigenvalue weighted by Crippen LogP contribution is 2.24. The Kier molecular flexibility index (Phi) is 5.37. The van der Waals surface area contributed by atoms with E-state index in [2.05, 4.69) is 43.0 Å². The zero-order chi connectivity index (χ0) is 13.7. The first kappa shape index (κ1) is 14.5. The Hall–Kier alpha value is -0.900. The molecule has 0 aromatic heterocycles. The van der Waals surface area contributed by atoms with Crippen LogP contribution in [0.25, 0.3) is 0 Å². The zero-order valence-corrected chi connectivity index (χ0v) is 12.0. The van der Waals surface area contributed by atoms with Crippen molar-refractivity contribution in [1.82, 2.24) is 4.90 Å². The summed E-state index contributed by atoms with van der Waals surface area (Å²) in [5.41, 5.74) is 2.58. The Bertz CT molecular complexity index is 371. The topological polar surface area (TPSA) is 32.7 Å². The Balaban J connectivity index is 2.09. The summed E-state index contributed by atoms with van der Waals surface area (Å²) in [6.45, 7) is 7.96. The molecule has 1 N–H and O–H groups in total. The predicted octanol–water partition coefficient (Wildman–Crippen LogP) is 2.57. The summed E-state index contributed by atoms with van der Waals surface area (Å²) in [6, 6.07) is 8.84. The molecule has 106 valence electrons. The van der Waals surface area contributed by atoms with Crippen molar-refractivity contribution in [3.63, 3.8) is 0 Å². The minimum absolute atomic E-state index is 0.106. The molecule has 19 heavy (non-hydrogen) atoms. The number of rotatable bonds is 5. The van der Waals surface area contributed by atoms with Gasteiger partial charge in [0.2, 0.25) is 0 Å². The van der Waals surface area contributed by atoms with E-state index in [9.17, 15) is 5.11 Å². The summed E-state index contributed by atoms with van der Waals surface area (Å²) in [5.74, 6) is 0.602. The number of nitrogens with zero attached hydrogens (tertiary/aromatic N) is 1. The van der Waals surface area contributed by atoms with Gasteiger partial charge in [-0.3, -0.25) is 4.90 Å². The van der Waals surface area contributed by atoms with Crippen LogP contribution in [0.3, 0.4) is 0 Å². The van der Waals surface area contributed by atoms with Crippen molar-refractivity contribution in [3.05, 3.63) is 35.4 Å². The number of morpholine rings is 1. The van der Waals surface area contributed by atoms with Gasteiger partial charge in [-0.2, -0.15) is 0 Å². The number of hydrogen-bond donors (Lipinski definition) is 1. The number of aliphatic hydroxyl groups excluding tert-OH is 1. The second-order valence-electron chi connectivity index (χ2n) is 5.32. The number of aliphatic hydroxyl groups is 1. The van der Waals surface area contributed by atoms with Crippen molar-refractivity contribution in [2.45, 2.75) is 32.2 Å². The van der Waals surface area contributed by atoms with E-state index in [0.29, 0.717) is 5.92 Å².